The van der Waals surface area contributed by atoms with Crippen LogP contribution in [0.3, 0.4) is 0 Å². The highest BCUT2D eigenvalue weighted by atomic mass is 19.3. The lowest BCUT2D eigenvalue weighted by Gasteiger charge is -2.14. The van der Waals surface area contributed by atoms with Crippen LogP contribution in [0.1, 0.15) is 16.7 Å². The van der Waals surface area contributed by atoms with Crippen LogP contribution >= 0.6 is 0 Å². The van der Waals surface area contributed by atoms with Crippen LogP contribution in [0.25, 0.3) is 10.9 Å². The normalized spacial score (nSPS) is 10.8. The van der Waals surface area contributed by atoms with Gasteiger partial charge in [-0.15, -0.1) is 0 Å². The zero-order valence-electron chi connectivity index (χ0n) is 15.1. The lowest BCUT2D eigenvalue weighted by molar-refractivity contribution is -0.0512. The molecule has 0 radical (unpaired) electrons. The van der Waals surface area contributed by atoms with Gasteiger partial charge in [-0.2, -0.15) is 14.0 Å². The number of pyridine rings is 1. The molecule has 1 N–H and O–H groups in total. The SMILES string of the molecule is COc1ccc(CNc2c(C#N)cnc3c(C)cc(F)cc23)cc1OC(F)F. The number of benzene rings is 2. The number of nitriles is 1. The predicted octanol–water partition coefficient (Wildman–Crippen LogP) is 4.78. The second kappa shape index (κ2) is 8.05. The smallest absolute Gasteiger partial charge is 0.387 e. The Balaban J connectivity index is 1.97. The molecule has 0 amide bonds. The Morgan fingerprint density at radius 3 is 2.68 bits per heavy atom. The summed E-state index contributed by atoms with van der Waals surface area (Å²) in [6.45, 7) is -1.07. The van der Waals surface area contributed by atoms with Gasteiger partial charge in [-0.05, 0) is 42.3 Å². The summed E-state index contributed by atoms with van der Waals surface area (Å²) >= 11 is 0. The second-order valence-electron chi connectivity index (χ2n) is 5.99. The summed E-state index contributed by atoms with van der Waals surface area (Å²) in [7, 11) is 1.35. The summed E-state index contributed by atoms with van der Waals surface area (Å²) in [5, 5.41) is 12.9. The van der Waals surface area contributed by atoms with Crippen molar-refractivity contribution in [2.75, 3.05) is 12.4 Å². The number of methoxy groups -OCH3 is 1. The molecule has 0 fully saturated rings. The number of nitrogens with zero attached hydrogens (tertiary/aromatic N) is 2. The first-order valence-electron chi connectivity index (χ1n) is 8.27. The first-order valence-corrected chi connectivity index (χ1v) is 8.27. The number of rotatable bonds is 6. The third-order valence-electron chi connectivity index (χ3n) is 4.16. The molecule has 0 aliphatic heterocycles. The first-order chi connectivity index (χ1) is 13.4. The third kappa shape index (κ3) is 3.93. The standard InChI is InChI=1S/C20H16F3N3O2/c1-11-5-14(21)7-15-18(11)26-10-13(8-24)19(15)25-9-12-3-4-16(27-2)17(6-12)28-20(22)23/h3-7,10,20H,9H2,1-2H3,(H,25,26). The number of nitrogens with one attached hydrogen (secondary N) is 1. The Morgan fingerprint density at radius 2 is 2.00 bits per heavy atom. The van der Waals surface area contributed by atoms with Crippen molar-refractivity contribution >= 4 is 16.6 Å². The number of aryl methyl sites for hydroxylation is 1. The molecule has 5 nitrogen and oxygen atoms in total. The Kier molecular flexibility index (Phi) is 5.54. The van der Waals surface area contributed by atoms with Crippen molar-refractivity contribution in [3.63, 3.8) is 0 Å². The van der Waals surface area contributed by atoms with E-state index in [1.165, 1.54) is 37.6 Å². The van der Waals surface area contributed by atoms with Gasteiger partial charge in [0.15, 0.2) is 11.5 Å². The molecule has 0 aliphatic carbocycles. The van der Waals surface area contributed by atoms with Gasteiger partial charge in [0, 0.05) is 18.1 Å². The number of alkyl halides is 2. The van der Waals surface area contributed by atoms with Crippen molar-refractivity contribution in [3.8, 4) is 17.6 Å². The number of halogens is 3. The van der Waals surface area contributed by atoms with Crippen LogP contribution < -0.4 is 14.8 Å². The maximum atomic E-state index is 13.9. The summed E-state index contributed by atoms with van der Waals surface area (Å²) in [5.74, 6) is -0.366. The molecule has 0 saturated carbocycles. The summed E-state index contributed by atoms with van der Waals surface area (Å²) < 4.78 is 48.6. The van der Waals surface area contributed by atoms with E-state index in [0.29, 0.717) is 27.7 Å². The molecule has 28 heavy (non-hydrogen) atoms. The molecule has 1 aromatic heterocycles. The minimum Gasteiger partial charge on any atom is -0.493 e. The van der Waals surface area contributed by atoms with Gasteiger partial charge in [0.1, 0.15) is 11.9 Å². The zero-order chi connectivity index (χ0) is 20.3. The molecule has 0 saturated heterocycles. The van der Waals surface area contributed by atoms with Crippen LogP contribution in [0.15, 0.2) is 36.5 Å². The number of ether oxygens (including phenoxy) is 2. The third-order valence-corrected chi connectivity index (χ3v) is 4.16. The number of hydrogen-bond acceptors (Lipinski definition) is 5. The van der Waals surface area contributed by atoms with Crippen molar-refractivity contribution in [1.82, 2.24) is 4.98 Å². The van der Waals surface area contributed by atoms with Crippen LogP contribution in [-0.4, -0.2) is 18.7 Å². The molecule has 0 bridgehead atoms. The van der Waals surface area contributed by atoms with E-state index in [2.05, 4.69) is 15.0 Å². The summed E-state index contributed by atoms with van der Waals surface area (Å²) in [4.78, 5) is 4.23. The van der Waals surface area contributed by atoms with Crippen molar-refractivity contribution in [3.05, 3.63) is 59.0 Å². The molecule has 3 rings (SSSR count). The van der Waals surface area contributed by atoms with E-state index >= 15 is 0 Å². The average Bonchev–Trinajstić information content (AvgIpc) is 2.65. The minimum atomic E-state index is -2.99. The van der Waals surface area contributed by atoms with E-state index < -0.39 is 12.4 Å². The summed E-state index contributed by atoms with van der Waals surface area (Å²) in [5.41, 5.74) is 2.48. The van der Waals surface area contributed by atoms with E-state index in [-0.39, 0.29) is 23.6 Å². The lowest BCUT2D eigenvalue weighted by Crippen LogP contribution is -2.06. The highest BCUT2D eigenvalue weighted by molar-refractivity contribution is 5.95. The topological polar surface area (TPSA) is 67.2 Å². The number of aromatic nitrogens is 1. The number of hydrogen-bond donors (Lipinski definition) is 1. The van der Waals surface area contributed by atoms with Crippen LogP contribution in [0.2, 0.25) is 0 Å². The molecule has 0 unspecified atom stereocenters. The Bertz CT molecular complexity index is 1060. The molecular formula is C20H16F3N3O2. The van der Waals surface area contributed by atoms with Crippen LogP contribution in [0, 0.1) is 24.1 Å². The van der Waals surface area contributed by atoms with Gasteiger partial charge in [-0.1, -0.05) is 6.07 Å². The Labute approximate surface area is 159 Å². The average molecular weight is 387 g/mol. The van der Waals surface area contributed by atoms with E-state index in [0.717, 1.165) is 0 Å². The van der Waals surface area contributed by atoms with Gasteiger partial charge in [0.05, 0.1) is 23.9 Å². The van der Waals surface area contributed by atoms with E-state index in [9.17, 15) is 18.4 Å². The van der Waals surface area contributed by atoms with Gasteiger partial charge in [0.2, 0.25) is 0 Å². The minimum absolute atomic E-state index is 0.0984. The van der Waals surface area contributed by atoms with E-state index in [4.69, 9.17) is 4.74 Å². The number of anilines is 1. The zero-order valence-corrected chi connectivity index (χ0v) is 15.1. The van der Waals surface area contributed by atoms with Gasteiger partial charge >= 0.3 is 6.61 Å². The highest BCUT2D eigenvalue weighted by Crippen LogP contribution is 2.32. The van der Waals surface area contributed by atoms with Gasteiger partial charge in [0.25, 0.3) is 0 Å². The van der Waals surface area contributed by atoms with Crippen LogP contribution in [0.5, 0.6) is 11.5 Å². The number of fused-ring (bicyclic) bond motifs is 1. The van der Waals surface area contributed by atoms with Crippen molar-refractivity contribution < 1.29 is 22.6 Å². The van der Waals surface area contributed by atoms with E-state index in [1.807, 2.05) is 6.07 Å². The maximum Gasteiger partial charge on any atom is 0.387 e. The highest BCUT2D eigenvalue weighted by Gasteiger charge is 2.14. The monoisotopic (exact) mass is 387 g/mol. The molecule has 3 aromatic rings. The fourth-order valence-corrected chi connectivity index (χ4v) is 2.92. The van der Waals surface area contributed by atoms with Crippen molar-refractivity contribution in [2.45, 2.75) is 20.1 Å². The first kappa shape index (κ1) is 19.3. The summed E-state index contributed by atoms with van der Waals surface area (Å²) in [6.07, 6.45) is 1.41. The van der Waals surface area contributed by atoms with Crippen LogP contribution in [0.4, 0.5) is 18.9 Å². The molecule has 0 spiro atoms. The molecule has 0 aliphatic rings. The van der Waals surface area contributed by atoms with E-state index in [1.54, 1.807) is 13.0 Å². The van der Waals surface area contributed by atoms with Gasteiger partial charge in [-0.3, -0.25) is 4.98 Å². The molecule has 144 valence electrons. The Hall–Kier alpha value is -3.47. The maximum absolute atomic E-state index is 13.9. The molecular weight excluding hydrogens is 371 g/mol. The van der Waals surface area contributed by atoms with Gasteiger partial charge < -0.3 is 14.8 Å². The molecule has 0 atom stereocenters. The largest absolute Gasteiger partial charge is 0.493 e. The summed E-state index contributed by atoms with van der Waals surface area (Å²) in [6, 6.07) is 9.29. The van der Waals surface area contributed by atoms with Gasteiger partial charge in [-0.25, -0.2) is 4.39 Å². The molecule has 8 heteroatoms. The fraction of sp³-hybridized carbons (Fsp3) is 0.200. The Morgan fingerprint density at radius 1 is 1.21 bits per heavy atom. The lowest BCUT2D eigenvalue weighted by atomic mass is 10.1. The second-order valence-corrected chi connectivity index (χ2v) is 5.99. The molecule has 1 heterocycles. The van der Waals surface area contributed by atoms with Crippen LogP contribution in [-0.2, 0) is 6.54 Å². The quantitative estimate of drug-likeness (QED) is 0.660. The van der Waals surface area contributed by atoms with Crippen molar-refractivity contribution in [1.29, 1.82) is 5.26 Å². The molecule has 2 aromatic carbocycles. The van der Waals surface area contributed by atoms with Crippen molar-refractivity contribution in [2.24, 2.45) is 0 Å². The predicted molar refractivity (Wildman–Crippen MR) is 98.1 cm³/mol. The fourth-order valence-electron chi connectivity index (χ4n) is 2.92.